The van der Waals surface area contributed by atoms with Crippen LogP contribution in [-0.2, 0) is 12.8 Å². The van der Waals surface area contributed by atoms with E-state index in [1.165, 1.54) is 52.8 Å². The lowest BCUT2D eigenvalue weighted by molar-refractivity contribution is 0.355. The van der Waals surface area contributed by atoms with Gasteiger partial charge in [-0.1, -0.05) is 0 Å². The molecule has 2 unspecified atom stereocenters. The molecule has 2 heterocycles. The molecule has 0 saturated carbocycles. The molecule has 0 aliphatic heterocycles. The molecule has 0 bridgehead atoms. The number of halogens is 1. The lowest BCUT2D eigenvalue weighted by atomic mass is 9.89. The zero-order chi connectivity index (χ0) is 13.5. The van der Waals surface area contributed by atoms with E-state index >= 15 is 0 Å². The molecule has 2 aromatic rings. The van der Waals surface area contributed by atoms with E-state index < -0.39 is 0 Å². The molecule has 106 valence electrons. The van der Waals surface area contributed by atoms with E-state index in [9.17, 15) is 0 Å². The summed E-state index contributed by atoms with van der Waals surface area (Å²) >= 11 is 5.54. The van der Waals surface area contributed by atoms with Crippen molar-refractivity contribution in [1.29, 1.82) is 0 Å². The van der Waals surface area contributed by atoms with Crippen LogP contribution in [0.25, 0.3) is 0 Å². The third kappa shape index (κ3) is 2.28. The maximum absolute atomic E-state index is 5.60. The van der Waals surface area contributed by atoms with Crippen LogP contribution in [0.4, 0.5) is 0 Å². The fraction of sp³-hybridized carbons (Fsp3) is 0.500. The van der Waals surface area contributed by atoms with Gasteiger partial charge >= 0.3 is 0 Å². The van der Waals surface area contributed by atoms with Crippen molar-refractivity contribution in [1.82, 2.24) is 5.32 Å². The Morgan fingerprint density at radius 2 is 1.95 bits per heavy atom. The van der Waals surface area contributed by atoms with Gasteiger partial charge in [0.25, 0.3) is 0 Å². The monoisotopic (exact) mass is 351 g/mol. The standard InChI is InChI=1S/C16H18BrNOS/c17-16-9-11-13(4-2-6-15(11)20-16)18-12-3-1-5-14-10(12)7-8-19-14/h7-9,12-13,18H,1-6H2. The quantitative estimate of drug-likeness (QED) is 0.809. The fourth-order valence-electron chi connectivity index (χ4n) is 3.60. The van der Waals surface area contributed by atoms with E-state index in [1.807, 2.05) is 17.6 Å². The molecular weight excluding hydrogens is 334 g/mol. The second-order valence-electron chi connectivity index (χ2n) is 5.78. The van der Waals surface area contributed by atoms with Gasteiger partial charge < -0.3 is 9.73 Å². The first-order valence-electron chi connectivity index (χ1n) is 7.41. The number of hydrogen-bond acceptors (Lipinski definition) is 3. The van der Waals surface area contributed by atoms with Gasteiger partial charge in [0, 0.05) is 28.9 Å². The van der Waals surface area contributed by atoms with Gasteiger partial charge in [-0.25, -0.2) is 0 Å². The van der Waals surface area contributed by atoms with E-state index in [1.54, 1.807) is 4.88 Å². The SMILES string of the molecule is Brc1cc2c(s1)CCCC2NC1CCCc2occc21. The molecule has 0 spiro atoms. The third-order valence-corrected chi connectivity index (χ3v) is 6.25. The van der Waals surface area contributed by atoms with Crippen molar-refractivity contribution in [3.8, 4) is 0 Å². The number of rotatable bonds is 2. The van der Waals surface area contributed by atoms with Gasteiger partial charge in [0.1, 0.15) is 5.76 Å². The van der Waals surface area contributed by atoms with Crippen molar-refractivity contribution in [2.24, 2.45) is 0 Å². The zero-order valence-electron chi connectivity index (χ0n) is 11.3. The summed E-state index contributed by atoms with van der Waals surface area (Å²) in [6, 6.07) is 5.44. The minimum Gasteiger partial charge on any atom is -0.469 e. The van der Waals surface area contributed by atoms with Crippen molar-refractivity contribution in [2.45, 2.75) is 50.6 Å². The lowest BCUT2D eigenvalue weighted by Gasteiger charge is -2.30. The number of aryl methyl sites for hydroxylation is 2. The average molecular weight is 352 g/mol. The van der Waals surface area contributed by atoms with Gasteiger partial charge in [0.15, 0.2) is 0 Å². The fourth-order valence-corrected chi connectivity index (χ4v) is 5.42. The first kappa shape index (κ1) is 13.1. The molecule has 0 saturated heterocycles. The normalized spacial score (nSPS) is 25.2. The summed E-state index contributed by atoms with van der Waals surface area (Å²) in [5.41, 5.74) is 2.90. The van der Waals surface area contributed by atoms with E-state index in [0.29, 0.717) is 12.1 Å². The van der Waals surface area contributed by atoms with E-state index in [0.717, 1.165) is 6.42 Å². The van der Waals surface area contributed by atoms with E-state index in [2.05, 4.69) is 33.4 Å². The molecule has 2 atom stereocenters. The number of thiophene rings is 1. The van der Waals surface area contributed by atoms with Crippen LogP contribution in [0.1, 0.15) is 59.5 Å². The lowest BCUT2D eigenvalue weighted by Crippen LogP contribution is -2.30. The molecule has 0 radical (unpaired) electrons. The summed E-state index contributed by atoms with van der Waals surface area (Å²) in [6.45, 7) is 0. The van der Waals surface area contributed by atoms with Gasteiger partial charge in [0.05, 0.1) is 10.0 Å². The smallest absolute Gasteiger partial charge is 0.108 e. The summed E-state index contributed by atoms with van der Waals surface area (Å²) in [5.74, 6) is 1.19. The van der Waals surface area contributed by atoms with E-state index in [4.69, 9.17) is 4.42 Å². The van der Waals surface area contributed by atoms with Crippen LogP contribution in [0, 0.1) is 0 Å². The molecule has 0 amide bonds. The maximum atomic E-state index is 5.60. The Morgan fingerprint density at radius 3 is 2.85 bits per heavy atom. The minimum atomic E-state index is 0.465. The van der Waals surface area contributed by atoms with Crippen LogP contribution in [0.5, 0.6) is 0 Å². The minimum absolute atomic E-state index is 0.465. The van der Waals surface area contributed by atoms with Crippen LogP contribution in [-0.4, -0.2) is 0 Å². The van der Waals surface area contributed by atoms with Gasteiger partial charge in [0.2, 0.25) is 0 Å². The van der Waals surface area contributed by atoms with Crippen molar-refractivity contribution in [3.63, 3.8) is 0 Å². The highest BCUT2D eigenvalue weighted by Crippen LogP contribution is 2.40. The van der Waals surface area contributed by atoms with Crippen molar-refractivity contribution < 1.29 is 4.42 Å². The summed E-state index contributed by atoms with van der Waals surface area (Å²) in [4.78, 5) is 1.56. The Bertz CT molecular complexity index is 618. The van der Waals surface area contributed by atoms with Crippen molar-refractivity contribution in [3.05, 3.63) is 43.9 Å². The van der Waals surface area contributed by atoms with Gasteiger partial charge in [-0.05, 0) is 65.7 Å². The van der Waals surface area contributed by atoms with Crippen LogP contribution >= 0.6 is 27.3 Å². The Morgan fingerprint density at radius 1 is 1.15 bits per heavy atom. The average Bonchev–Trinajstić information content (AvgIpc) is 3.05. The molecule has 20 heavy (non-hydrogen) atoms. The predicted molar refractivity (Wildman–Crippen MR) is 85.2 cm³/mol. The second-order valence-corrected chi connectivity index (χ2v) is 8.30. The number of fused-ring (bicyclic) bond motifs is 2. The van der Waals surface area contributed by atoms with Crippen molar-refractivity contribution in [2.75, 3.05) is 0 Å². The third-order valence-electron chi connectivity index (χ3n) is 4.54. The molecular formula is C16H18BrNOS. The van der Waals surface area contributed by atoms with Gasteiger partial charge in [-0.2, -0.15) is 0 Å². The second kappa shape index (κ2) is 5.32. The highest BCUT2D eigenvalue weighted by Gasteiger charge is 2.28. The number of nitrogens with one attached hydrogen (secondary N) is 1. The summed E-state index contributed by atoms with van der Waals surface area (Å²) in [6.07, 6.45) is 9.18. The molecule has 2 aliphatic carbocycles. The Labute approximate surface area is 131 Å². The highest BCUT2D eigenvalue weighted by molar-refractivity contribution is 9.11. The molecule has 0 aromatic carbocycles. The summed E-state index contributed by atoms with van der Waals surface area (Å²) < 4.78 is 6.87. The van der Waals surface area contributed by atoms with E-state index in [-0.39, 0.29) is 0 Å². The highest BCUT2D eigenvalue weighted by atomic mass is 79.9. The topological polar surface area (TPSA) is 25.2 Å². The first-order chi connectivity index (χ1) is 9.81. The van der Waals surface area contributed by atoms with Crippen LogP contribution in [0.3, 0.4) is 0 Å². The van der Waals surface area contributed by atoms with Crippen molar-refractivity contribution >= 4 is 27.3 Å². The van der Waals surface area contributed by atoms with Crippen LogP contribution < -0.4 is 5.32 Å². The summed E-state index contributed by atoms with van der Waals surface area (Å²) in [5, 5.41) is 3.90. The zero-order valence-corrected chi connectivity index (χ0v) is 13.7. The predicted octanol–water partition coefficient (Wildman–Crippen LogP) is 5.15. The molecule has 2 aliphatic rings. The molecule has 2 aromatic heterocycles. The Balaban J connectivity index is 1.59. The molecule has 4 heteroatoms. The Kier molecular flexibility index (Phi) is 3.49. The van der Waals surface area contributed by atoms with Gasteiger partial charge in [-0.3, -0.25) is 0 Å². The molecule has 4 rings (SSSR count). The number of hydrogen-bond donors (Lipinski definition) is 1. The summed E-state index contributed by atoms with van der Waals surface area (Å²) in [7, 11) is 0. The van der Waals surface area contributed by atoms with Crippen LogP contribution in [0.15, 0.2) is 26.6 Å². The number of furan rings is 1. The molecule has 0 fully saturated rings. The van der Waals surface area contributed by atoms with Crippen LogP contribution in [0.2, 0.25) is 0 Å². The van der Waals surface area contributed by atoms with Gasteiger partial charge in [-0.15, -0.1) is 11.3 Å². The molecule has 2 nitrogen and oxygen atoms in total. The molecule has 1 N–H and O–H groups in total. The largest absolute Gasteiger partial charge is 0.469 e. The Hall–Kier alpha value is -0.580. The first-order valence-corrected chi connectivity index (χ1v) is 9.02. The maximum Gasteiger partial charge on any atom is 0.108 e.